The summed E-state index contributed by atoms with van der Waals surface area (Å²) in [6.07, 6.45) is 1.46. The molecule has 5 nitrogen and oxygen atoms in total. The van der Waals surface area contributed by atoms with Crippen molar-refractivity contribution >= 4 is 17.5 Å². The molecule has 0 aliphatic carbocycles. The van der Waals surface area contributed by atoms with Crippen molar-refractivity contribution in [2.75, 3.05) is 25.1 Å². The number of anilines is 1. The van der Waals surface area contributed by atoms with Gasteiger partial charge in [0.15, 0.2) is 0 Å². The molecule has 2 amide bonds. The number of piperazine rings is 1. The Morgan fingerprint density at radius 1 is 1.35 bits per heavy atom. The summed E-state index contributed by atoms with van der Waals surface area (Å²) in [5.74, 6) is -0.419. The molecule has 2 aliphatic heterocycles. The van der Waals surface area contributed by atoms with Crippen LogP contribution in [-0.2, 0) is 9.59 Å². The topological polar surface area (TPSA) is 49.9 Å². The maximum atomic E-state index is 14.0. The zero-order valence-electron chi connectivity index (χ0n) is 11.1. The van der Waals surface area contributed by atoms with Gasteiger partial charge in [0.2, 0.25) is 11.8 Å². The van der Waals surface area contributed by atoms with Gasteiger partial charge in [0.25, 0.3) is 0 Å². The lowest BCUT2D eigenvalue weighted by atomic mass is 10.1. The highest BCUT2D eigenvalue weighted by molar-refractivity contribution is 6.07. The van der Waals surface area contributed by atoms with E-state index in [0.29, 0.717) is 18.7 Å². The molecule has 0 spiro atoms. The Balaban J connectivity index is 1.97. The molecule has 0 aromatic heterocycles. The van der Waals surface area contributed by atoms with E-state index in [4.69, 9.17) is 4.74 Å². The fraction of sp³-hybridized carbons (Fsp3) is 0.429. The molecule has 2 fully saturated rings. The summed E-state index contributed by atoms with van der Waals surface area (Å²) in [4.78, 5) is 27.3. The second-order valence-electron chi connectivity index (χ2n) is 4.99. The van der Waals surface area contributed by atoms with Gasteiger partial charge in [-0.3, -0.25) is 14.5 Å². The number of benzene rings is 1. The molecule has 1 atom stereocenters. The van der Waals surface area contributed by atoms with E-state index in [9.17, 15) is 14.0 Å². The number of carbonyl (C=O) groups is 2. The van der Waals surface area contributed by atoms with Crippen LogP contribution in [0.2, 0.25) is 0 Å². The van der Waals surface area contributed by atoms with Crippen LogP contribution in [0.3, 0.4) is 0 Å². The van der Waals surface area contributed by atoms with Crippen molar-refractivity contribution in [3.05, 3.63) is 24.0 Å². The highest BCUT2D eigenvalue weighted by Gasteiger charge is 2.43. The fourth-order valence-electron chi connectivity index (χ4n) is 2.84. The zero-order chi connectivity index (χ0) is 14.3. The normalized spacial score (nSPS) is 22.2. The van der Waals surface area contributed by atoms with Crippen LogP contribution in [0, 0.1) is 5.82 Å². The minimum absolute atomic E-state index is 0.106. The lowest BCUT2D eigenvalue weighted by molar-refractivity contribution is -0.140. The number of fused-ring (bicyclic) bond motifs is 1. The molecule has 0 radical (unpaired) electrons. The number of nitrogens with zero attached hydrogens (tertiary/aromatic N) is 2. The first-order valence-electron chi connectivity index (χ1n) is 6.56. The van der Waals surface area contributed by atoms with Crippen LogP contribution in [-0.4, -0.2) is 43.0 Å². The van der Waals surface area contributed by atoms with Gasteiger partial charge >= 0.3 is 0 Å². The SMILES string of the molecule is COc1ccc(F)c(N2CC(=O)N3CCCC3C2=O)c1. The smallest absolute Gasteiger partial charge is 0.250 e. The lowest BCUT2D eigenvalue weighted by Crippen LogP contribution is -2.57. The van der Waals surface area contributed by atoms with Gasteiger partial charge < -0.3 is 9.64 Å². The average molecular weight is 278 g/mol. The van der Waals surface area contributed by atoms with Crippen LogP contribution in [0.4, 0.5) is 10.1 Å². The minimum Gasteiger partial charge on any atom is -0.497 e. The number of carbonyl (C=O) groups excluding carboxylic acids is 2. The van der Waals surface area contributed by atoms with Crippen LogP contribution in [0.25, 0.3) is 0 Å². The van der Waals surface area contributed by atoms with Crippen molar-refractivity contribution < 1.29 is 18.7 Å². The van der Waals surface area contributed by atoms with Gasteiger partial charge in [-0.15, -0.1) is 0 Å². The zero-order valence-corrected chi connectivity index (χ0v) is 11.1. The molecule has 6 heteroatoms. The summed E-state index contributed by atoms with van der Waals surface area (Å²) < 4.78 is 19.0. The molecule has 1 aromatic carbocycles. The van der Waals surface area contributed by atoms with Crippen LogP contribution < -0.4 is 9.64 Å². The van der Waals surface area contributed by atoms with Gasteiger partial charge in [0.05, 0.1) is 12.8 Å². The molecule has 20 heavy (non-hydrogen) atoms. The van der Waals surface area contributed by atoms with E-state index >= 15 is 0 Å². The molecule has 2 aliphatic rings. The summed E-state index contributed by atoms with van der Waals surface area (Å²) >= 11 is 0. The van der Waals surface area contributed by atoms with E-state index < -0.39 is 11.9 Å². The number of halogens is 1. The van der Waals surface area contributed by atoms with E-state index in [1.807, 2.05) is 0 Å². The van der Waals surface area contributed by atoms with Crippen molar-refractivity contribution in [1.82, 2.24) is 4.90 Å². The number of hydrogen-bond donors (Lipinski definition) is 0. The van der Waals surface area contributed by atoms with E-state index in [-0.39, 0.29) is 24.0 Å². The summed E-state index contributed by atoms with van der Waals surface area (Å²) in [5, 5.41) is 0. The van der Waals surface area contributed by atoms with Crippen molar-refractivity contribution in [2.24, 2.45) is 0 Å². The fourth-order valence-corrected chi connectivity index (χ4v) is 2.84. The average Bonchev–Trinajstić information content (AvgIpc) is 2.94. The number of methoxy groups -OCH3 is 1. The van der Waals surface area contributed by atoms with Gasteiger partial charge in [-0.05, 0) is 25.0 Å². The molecule has 2 saturated heterocycles. The third kappa shape index (κ3) is 1.92. The molecular formula is C14H15FN2O3. The third-order valence-electron chi connectivity index (χ3n) is 3.86. The molecule has 2 heterocycles. The quantitative estimate of drug-likeness (QED) is 0.816. The highest BCUT2D eigenvalue weighted by atomic mass is 19.1. The summed E-state index contributed by atoms with van der Waals surface area (Å²) in [7, 11) is 1.47. The van der Waals surface area contributed by atoms with E-state index in [2.05, 4.69) is 0 Å². The molecule has 0 saturated carbocycles. The molecule has 3 rings (SSSR count). The van der Waals surface area contributed by atoms with Gasteiger partial charge in [-0.1, -0.05) is 0 Å². The van der Waals surface area contributed by atoms with Crippen molar-refractivity contribution in [3.63, 3.8) is 0 Å². The Labute approximate surface area is 115 Å². The Morgan fingerprint density at radius 2 is 2.15 bits per heavy atom. The summed E-state index contributed by atoms with van der Waals surface area (Å²) in [5.41, 5.74) is 0.106. The van der Waals surface area contributed by atoms with Gasteiger partial charge in [0.1, 0.15) is 24.2 Å². The largest absolute Gasteiger partial charge is 0.497 e. The summed E-state index contributed by atoms with van der Waals surface area (Å²) in [6, 6.07) is 3.73. The van der Waals surface area contributed by atoms with E-state index in [0.717, 1.165) is 6.42 Å². The van der Waals surface area contributed by atoms with E-state index in [1.165, 1.54) is 30.2 Å². The summed E-state index contributed by atoms with van der Waals surface area (Å²) in [6.45, 7) is 0.503. The van der Waals surface area contributed by atoms with Gasteiger partial charge in [-0.25, -0.2) is 4.39 Å². The first kappa shape index (κ1) is 12.9. The predicted octanol–water partition coefficient (Wildman–Crippen LogP) is 1.17. The van der Waals surface area contributed by atoms with Crippen molar-refractivity contribution in [2.45, 2.75) is 18.9 Å². The monoisotopic (exact) mass is 278 g/mol. The van der Waals surface area contributed by atoms with Crippen LogP contribution >= 0.6 is 0 Å². The third-order valence-corrected chi connectivity index (χ3v) is 3.86. The highest BCUT2D eigenvalue weighted by Crippen LogP contribution is 2.31. The standard InChI is InChI=1S/C14H15FN2O3/c1-20-9-4-5-10(15)12(7-9)17-8-13(18)16-6-2-3-11(16)14(17)19/h4-5,7,11H,2-3,6,8H2,1H3. The Kier molecular flexibility index (Phi) is 3.08. The number of rotatable bonds is 2. The molecule has 0 N–H and O–H groups in total. The molecule has 1 aromatic rings. The maximum Gasteiger partial charge on any atom is 0.250 e. The predicted molar refractivity (Wildman–Crippen MR) is 70.0 cm³/mol. The van der Waals surface area contributed by atoms with Gasteiger partial charge in [0, 0.05) is 12.6 Å². The first-order valence-corrected chi connectivity index (χ1v) is 6.56. The Morgan fingerprint density at radius 3 is 2.90 bits per heavy atom. The minimum atomic E-state index is -0.529. The van der Waals surface area contributed by atoms with Crippen LogP contribution in [0.15, 0.2) is 18.2 Å². The lowest BCUT2D eigenvalue weighted by Gasteiger charge is -2.36. The maximum absolute atomic E-state index is 14.0. The molecule has 0 bridgehead atoms. The Hall–Kier alpha value is -2.11. The van der Waals surface area contributed by atoms with Crippen LogP contribution in [0.5, 0.6) is 5.75 Å². The van der Waals surface area contributed by atoms with Crippen molar-refractivity contribution in [1.29, 1.82) is 0 Å². The second kappa shape index (κ2) is 4.77. The number of amides is 2. The molecule has 106 valence electrons. The molecule has 1 unspecified atom stereocenters. The van der Waals surface area contributed by atoms with Crippen molar-refractivity contribution in [3.8, 4) is 5.75 Å². The van der Waals surface area contributed by atoms with Gasteiger partial charge in [-0.2, -0.15) is 0 Å². The molecular weight excluding hydrogens is 263 g/mol. The van der Waals surface area contributed by atoms with E-state index in [1.54, 1.807) is 4.90 Å². The Bertz CT molecular complexity index is 576. The number of hydrogen-bond acceptors (Lipinski definition) is 3. The first-order chi connectivity index (χ1) is 9.61. The van der Waals surface area contributed by atoms with Crippen LogP contribution in [0.1, 0.15) is 12.8 Å². The number of ether oxygens (including phenoxy) is 1. The second-order valence-corrected chi connectivity index (χ2v) is 4.99.